The van der Waals surface area contributed by atoms with Gasteiger partial charge >= 0.3 is 0 Å². The summed E-state index contributed by atoms with van der Waals surface area (Å²) in [6.45, 7) is 4.35. The molecule has 5 heteroatoms. The van der Waals surface area contributed by atoms with E-state index in [4.69, 9.17) is 10.5 Å². The Hall–Kier alpha value is -0.620. The first-order chi connectivity index (χ1) is 6.86. The molecular weight excluding hydrogens is 198 g/mol. The summed E-state index contributed by atoms with van der Waals surface area (Å²) in [5.74, 6) is 0. The minimum atomic E-state index is 0.812. The fourth-order valence-corrected chi connectivity index (χ4v) is 2.13. The molecule has 0 atom stereocenters. The summed E-state index contributed by atoms with van der Waals surface area (Å²) in [4.78, 5) is 1.21. The minimum absolute atomic E-state index is 0.812. The first-order valence-corrected chi connectivity index (χ1v) is 5.62. The van der Waals surface area contributed by atoms with Crippen LogP contribution in [0.1, 0.15) is 4.88 Å². The van der Waals surface area contributed by atoms with E-state index in [0.717, 1.165) is 38.5 Å². The Morgan fingerprint density at radius 2 is 2.29 bits per heavy atom. The molecule has 0 spiro atoms. The Kier molecular flexibility index (Phi) is 3.36. The number of hydrogen-bond donors (Lipinski definition) is 2. The van der Waals surface area contributed by atoms with Gasteiger partial charge in [-0.1, -0.05) is 0 Å². The molecule has 0 aromatic carbocycles. The summed E-state index contributed by atoms with van der Waals surface area (Å²) in [7, 11) is 0. The molecule has 14 heavy (non-hydrogen) atoms. The molecule has 0 unspecified atom stereocenters. The average molecular weight is 213 g/mol. The Morgan fingerprint density at radius 3 is 2.93 bits per heavy atom. The third-order valence-corrected chi connectivity index (χ3v) is 3.19. The van der Waals surface area contributed by atoms with Crippen molar-refractivity contribution in [1.29, 1.82) is 0 Å². The number of ether oxygens (including phenoxy) is 1. The molecule has 1 fully saturated rings. The van der Waals surface area contributed by atoms with Crippen molar-refractivity contribution < 1.29 is 4.74 Å². The van der Waals surface area contributed by atoms with E-state index >= 15 is 0 Å². The SMILES string of the molecule is Nc1ccsc1CNN1CCOCC1. The molecule has 0 amide bonds. The molecule has 0 radical (unpaired) electrons. The van der Waals surface area contributed by atoms with Crippen LogP contribution < -0.4 is 11.2 Å². The predicted octanol–water partition coefficient (Wildman–Crippen LogP) is 0.667. The molecule has 0 aliphatic carbocycles. The van der Waals surface area contributed by atoms with E-state index in [9.17, 15) is 0 Å². The Balaban J connectivity index is 1.79. The highest BCUT2D eigenvalue weighted by atomic mass is 32.1. The summed E-state index contributed by atoms with van der Waals surface area (Å²) >= 11 is 1.69. The third-order valence-electron chi connectivity index (χ3n) is 2.25. The van der Waals surface area contributed by atoms with Gasteiger partial charge in [-0.05, 0) is 11.4 Å². The second-order valence-electron chi connectivity index (χ2n) is 3.23. The molecule has 4 nitrogen and oxygen atoms in total. The van der Waals surface area contributed by atoms with Gasteiger partial charge in [0.1, 0.15) is 0 Å². The zero-order chi connectivity index (χ0) is 9.80. The van der Waals surface area contributed by atoms with E-state index in [-0.39, 0.29) is 0 Å². The Morgan fingerprint density at radius 1 is 1.50 bits per heavy atom. The lowest BCUT2D eigenvalue weighted by Gasteiger charge is -2.27. The lowest BCUT2D eigenvalue weighted by atomic mass is 10.4. The first-order valence-electron chi connectivity index (χ1n) is 4.74. The van der Waals surface area contributed by atoms with Crippen molar-refractivity contribution in [2.24, 2.45) is 0 Å². The van der Waals surface area contributed by atoms with Gasteiger partial charge in [-0.2, -0.15) is 0 Å². The molecule has 1 aliphatic heterocycles. The maximum Gasteiger partial charge on any atom is 0.0608 e. The highest BCUT2D eigenvalue weighted by Crippen LogP contribution is 2.18. The van der Waals surface area contributed by atoms with E-state index in [0.29, 0.717) is 0 Å². The minimum Gasteiger partial charge on any atom is -0.398 e. The van der Waals surface area contributed by atoms with Crippen LogP contribution in [-0.4, -0.2) is 31.3 Å². The fourth-order valence-electron chi connectivity index (χ4n) is 1.40. The highest BCUT2D eigenvalue weighted by Gasteiger charge is 2.10. The number of nitrogens with one attached hydrogen (secondary N) is 1. The van der Waals surface area contributed by atoms with Crippen molar-refractivity contribution in [2.75, 3.05) is 32.0 Å². The maximum absolute atomic E-state index is 5.78. The van der Waals surface area contributed by atoms with Crippen molar-refractivity contribution in [3.8, 4) is 0 Å². The lowest BCUT2D eigenvalue weighted by Crippen LogP contribution is -2.45. The van der Waals surface area contributed by atoms with Gasteiger partial charge in [0.15, 0.2) is 0 Å². The van der Waals surface area contributed by atoms with Crippen molar-refractivity contribution in [3.05, 3.63) is 16.3 Å². The van der Waals surface area contributed by atoms with E-state index in [1.54, 1.807) is 11.3 Å². The van der Waals surface area contributed by atoms with Crippen molar-refractivity contribution >= 4 is 17.0 Å². The van der Waals surface area contributed by atoms with Crippen LogP contribution in [0, 0.1) is 0 Å². The van der Waals surface area contributed by atoms with Crippen LogP contribution in [0.15, 0.2) is 11.4 Å². The van der Waals surface area contributed by atoms with Crippen LogP contribution in [0.4, 0.5) is 5.69 Å². The van der Waals surface area contributed by atoms with Gasteiger partial charge in [0.25, 0.3) is 0 Å². The maximum atomic E-state index is 5.78. The molecule has 1 saturated heterocycles. The largest absolute Gasteiger partial charge is 0.398 e. The monoisotopic (exact) mass is 213 g/mol. The molecule has 0 saturated carbocycles. The van der Waals surface area contributed by atoms with Gasteiger partial charge in [0.2, 0.25) is 0 Å². The van der Waals surface area contributed by atoms with Gasteiger partial charge < -0.3 is 10.5 Å². The molecule has 1 aromatic rings. The van der Waals surface area contributed by atoms with Gasteiger partial charge in [0.05, 0.1) is 13.2 Å². The highest BCUT2D eigenvalue weighted by molar-refractivity contribution is 7.10. The van der Waals surface area contributed by atoms with E-state index in [1.807, 2.05) is 11.4 Å². The summed E-state index contributed by atoms with van der Waals surface area (Å²) < 4.78 is 5.26. The number of nitrogens with zero attached hydrogens (tertiary/aromatic N) is 1. The molecule has 2 heterocycles. The first kappa shape index (κ1) is 9.92. The normalized spacial score (nSPS) is 18.6. The van der Waals surface area contributed by atoms with Gasteiger partial charge in [-0.15, -0.1) is 11.3 Å². The lowest BCUT2D eigenvalue weighted by molar-refractivity contribution is 0.0108. The van der Waals surface area contributed by atoms with Gasteiger partial charge in [-0.25, -0.2) is 10.4 Å². The fraction of sp³-hybridized carbons (Fsp3) is 0.556. The number of hydrazine groups is 1. The van der Waals surface area contributed by atoms with Crippen LogP contribution in [-0.2, 0) is 11.3 Å². The predicted molar refractivity (Wildman–Crippen MR) is 58.0 cm³/mol. The van der Waals surface area contributed by atoms with E-state index in [1.165, 1.54) is 4.88 Å². The Labute approximate surface area is 87.6 Å². The Bertz CT molecular complexity index is 283. The second-order valence-corrected chi connectivity index (χ2v) is 4.23. The van der Waals surface area contributed by atoms with Gasteiger partial charge in [-0.3, -0.25) is 0 Å². The molecular formula is C9H15N3OS. The summed E-state index contributed by atoms with van der Waals surface area (Å²) in [6.07, 6.45) is 0. The second kappa shape index (κ2) is 4.75. The number of rotatable bonds is 3. The standard InChI is InChI=1S/C9H15N3OS/c10-8-1-6-14-9(8)7-11-12-2-4-13-5-3-12/h1,6,11H,2-5,7,10H2. The zero-order valence-electron chi connectivity index (χ0n) is 8.03. The summed E-state index contributed by atoms with van der Waals surface area (Å²) in [5.41, 5.74) is 10.0. The van der Waals surface area contributed by atoms with Crippen molar-refractivity contribution in [3.63, 3.8) is 0 Å². The molecule has 0 bridgehead atoms. The number of thiophene rings is 1. The van der Waals surface area contributed by atoms with Crippen LogP contribution in [0.2, 0.25) is 0 Å². The molecule has 78 valence electrons. The number of morpholine rings is 1. The molecule has 1 aliphatic rings. The number of anilines is 1. The number of hydrogen-bond acceptors (Lipinski definition) is 5. The van der Waals surface area contributed by atoms with Crippen molar-refractivity contribution in [2.45, 2.75) is 6.54 Å². The summed E-state index contributed by atoms with van der Waals surface area (Å²) in [5, 5.41) is 4.20. The van der Waals surface area contributed by atoms with Gasteiger partial charge in [0, 0.05) is 30.2 Å². The average Bonchev–Trinajstić information content (AvgIpc) is 2.63. The summed E-state index contributed by atoms with van der Waals surface area (Å²) in [6, 6.07) is 1.95. The number of nitrogens with two attached hydrogens (primary N) is 1. The smallest absolute Gasteiger partial charge is 0.0608 e. The van der Waals surface area contributed by atoms with E-state index in [2.05, 4.69) is 10.4 Å². The molecule has 1 aromatic heterocycles. The molecule has 2 rings (SSSR count). The van der Waals surface area contributed by atoms with Crippen LogP contribution in [0.5, 0.6) is 0 Å². The third kappa shape index (κ3) is 2.45. The van der Waals surface area contributed by atoms with Crippen molar-refractivity contribution in [1.82, 2.24) is 10.4 Å². The van der Waals surface area contributed by atoms with E-state index < -0.39 is 0 Å². The number of nitrogen functional groups attached to an aromatic ring is 1. The quantitative estimate of drug-likeness (QED) is 0.775. The van der Waals surface area contributed by atoms with Crippen LogP contribution >= 0.6 is 11.3 Å². The topological polar surface area (TPSA) is 50.5 Å². The zero-order valence-corrected chi connectivity index (χ0v) is 8.85. The van der Waals surface area contributed by atoms with Crippen LogP contribution in [0.25, 0.3) is 0 Å². The molecule has 3 N–H and O–H groups in total. The van der Waals surface area contributed by atoms with Crippen LogP contribution in [0.3, 0.4) is 0 Å².